The van der Waals surface area contributed by atoms with Crippen LogP contribution in [0.25, 0.3) is 0 Å². The van der Waals surface area contributed by atoms with Crippen molar-refractivity contribution in [1.29, 1.82) is 0 Å². The summed E-state index contributed by atoms with van der Waals surface area (Å²) in [5, 5.41) is 0. The molecule has 0 fully saturated rings. The van der Waals surface area contributed by atoms with Crippen molar-refractivity contribution in [3.63, 3.8) is 0 Å². The van der Waals surface area contributed by atoms with Crippen LogP contribution in [-0.2, 0) is 16.1 Å². The number of esters is 1. The van der Waals surface area contributed by atoms with Crippen LogP contribution in [0.3, 0.4) is 0 Å². The van der Waals surface area contributed by atoms with Crippen LogP contribution in [0.1, 0.15) is 22.3 Å². The molecule has 2 aromatic rings. The molecule has 0 aromatic heterocycles. The molecule has 120 valence electrons. The van der Waals surface area contributed by atoms with Crippen LogP contribution >= 0.6 is 15.9 Å². The Morgan fingerprint density at radius 3 is 2.48 bits per heavy atom. The van der Waals surface area contributed by atoms with E-state index in [9.17, 15) is 9.59 Å². The van der Waals surface area contributed by atoms with Crippen LogP contribution < -0.4 is 0 Å². The van der Waals surface area contributed by atoms with Gasteiger partial charge in [-0.1, -0.05) is 52.3 Å². The molecular formula is C18H18BrNO3. The number of ether oxygens (including phenoxy) is 1. The maximum absolute atomic E-state index is 12.8. The van der Waals surface area contributed by atoms with Gasteiger partial charge in [-0.2, -0.15) is 0 Å². The Morgan fingerprint density at radius 1 is 1.09 bits per heavy atom. The largest absolute Gasteiger partial charge is 0.469 e. The molecule has 2 aromatic carbocycles. The van der Waals surface area contributed by atoms with Crippen molar-refractivity contribution in [1.82, 2.24) is 4.90 Å². The van der Waals surface area contributed by atoms with E-state index in [4.69, 9.17) is 0 Å². The molecule has 0 atom stereocenters. The first-order valence-electron chi connectivity index (χ1n) is 7.25. The van der Waals surface area contributed by atoms with Gasteiger partial charge in [0.1, 0.15) is 0 Å². The summed E-state index contributed by atoms with van der Waals surface area (Å²) in [6.45, 7) is 0.760. The van der Waals surface area contributed by atoms with E-state index in [0.717, 1.165) is 10.0 Å². The maximum atomic E-state index is 12.8. The Bertz CT molecular complexity index is 673. The van der Waals surface area contributed by atoms with Gasteiger partial charge in [0.15, 0.2) is 0 Å². The summed E-state index contributed by atoms with van der Waals surface area (Å²) in [5.41, 5.74) is 1.60. The molecule has 0 N–H and O–H groups in total. The normalized spacial score (nSPS) is 10.2. The van der Waals surface area contributed by atoms with Crippen molar-refractivity contribution < 1.29 is 14.3 Å². The summed E-state index contributed by atoms with van der Waals surface area (Å²) in [6, 6.07) is 16.9. The van der Waals surface area contributed by atoms with Crippen molar-refractivity contribution >= 4 is 27.8 Å². The highest BCUT2D eigenvalue weighted by molar-refractivity contribution is 9.10. The first-order chi connectivity index (χ1) is 11.1. The van der Waals surface area contributed by atoms with Crippen molar-refractivity contribution in [2.45, 2.75) is 13.0 Å². The van der Waals surface area contributed by atoms with Gasteiger partial charge in [-0.3, -0.25) is 9.59 Å². The second-order valence-corrected chi connectivity index (χ2v) is 5.96. The first-order valence-corrected chi connectivity index (χ1v) is 8.05. The van der Waals surface area contributed by atoms with E-state index in [1.807, 2.05) is 42.5 Å². The number of nitrogens with zero attached hydrogens (tertiary/aromatic N) is 1. The molecular weight excluding hydrogens is 358 g/mol. The van der Waals surface area contributed by atoms with Crippen molar-refractivity contribution in [3.8, 4) is 0 Å². The molecule has 2 rings (SSSR count). The lowest BCUT2D eigenvalue weighted by atomic mass is 10.1. The summed E-state index contributed by atoms with van der Waals surface area (Å²) in [6.07, 6.45) is 0.170. The summed E-state index contributed by atoms with van der Waals surface area (Å²) < 4.78 is 5.51. The number of benzene rings is 2. The Hall–Kier alpha value is -2.14. The molecule has 0 aliphatic heterocycles. The minimum absolute atomic E-state index is 0.112. The number of carbonyl (C=O) groups excluding carboxylic acids is 2. The van der Waals surface area contributed by atoms with Gasteiger partial charge in [0.05, 0.1) is 13.5 Å². The van der Waals surface area contributed by atoms with E-state index in [0.29, 0.717) is 18.7 Å². The molecule has 0 spiro atoms. The fraction of sp³-hybridized carbons (Fsp3) is 0.222. The number of halogens is 1. The van der Waals surface area contributed by atoms with Gasteiger partial charge in [0.25, 0.3) is 5.91 Å². The third-order valence-corrected chi connectivity index (χ3v) is 3.88. The summed E-state index contributed by atoms with van der Waals surface area (Å²) >= 11 is 3.37. The zero-order chi connectivity index (χ0) is 16.7. The lowest BCUT2D eigenvalue weighted by Crippen LogP contribution is -2.32. The van der Waals surface area contributed by atoms with Gasteiger partial charge >= 0.3 is 5.97 Å². The van der Waals surface area contributed by atoms with E-state index in [1.54, 1.807) is 17.0 Å². The van der Waals surface area contributed by atoms with Gasteiger partial charge < -0.3 is 9.64 Å². The molecule has 23 heavy (non-hydrogen) atoms. The van der Waals surface area contributed by atoms with Crippen LogP contribution in [0.2, 0.25) is 0 Å². The van der Waals surface area contributed by atoms with Crippen LogP contribution in [0, 0.1) is 0 Å². The van der Waals surface area contributed by atoms with Gasteiger partial charge in [0.2, 0.25) is 0 Å². The first kappa shape index (κ1) is 17.2. The number of methoxy groups -OCH3 is 1. The minimum atomic E-state index is -0.329. The van der Waals surface area contributed by atoms with E-state index in [-0.39, 0.29) is 18.3 Å². The molecule has 0 saturated carbocycles. The molecule has 0 unspecified atom stereocenters. The third kappa shape index (κ3) is 5.21. The molecule has 5 heteroatoms. The van der Waals surface area contributed by atoms with E-state index < -0.39 is 0 Å². The maximum Gasteiger partial charge on any atom is 0.307 e. The highest BCUT2D eigenvalue weighted by atomic mass is 79.9. The van der Waals surface area contributed by atoms with Crippen LogP contribution in [0.15, 0.2) is 59.1 Å². The summed E-state index contributed by atoms with van der Waals surface area (Å²) in [7, 11) is 1.35. The number of hydrogen-bond acceptors (Lipinski definition) is 3. The van der Waals surface area contributed by atoms with Crippen LogP contribution in [0.4, 0.5) is 0 Å². The zero-order valence-electron chi connectivity index (χ0n) is 12.9. The van der Waals surface area contributed by atoms with Crippen LogP contribution in [-0.4, -0.2) is 30.4 Å². The molecule has 0 saturated heterocycles. The lowest BCUT2D eigenvalue weighted by molar-refractivity contribution is -0.140. The molecule has 1 amide bonds. The molecule has 0 bridgehead atoms. The van der Waals surface area contributed by atoms with E-state index >= 15 is 0 Å². The quantitative estimate of drug-likeness (QED) is 0.723. The smallest absolute Gasteiger partial charge is 0.307 e. The minimum Gasteiger partial charge on any atom is -0.469 e. The Kier molecular flexibility index (Phi) is 6.35. The average molecular weight is 376 g/mol. The predicted octanol–water partition coefficient (Wildman–Crippen LogP) is 3.65. The molecule has 4 nitrogen and oxygen atoms in total. The van der Waals surface area contributed by atoms with Crippen molar-refractivity contribution in [2.75, 3.05) is 13.7 Å². The highest BCUT2D eigenvalue weighted by Gasteiger charge is 2.17. The SMILES string of the molecule is COC(=O)CCN(Cc1ccccc1)C(=O)c1cccc(Br)c1. The molecule has 0 radical (unpaired) electrons. The second kappa shape index (κ2) is 8.48. The molecule has 0 aliphatic rings. The summed E-state index contributed by atoms with van der Waals surface area (Å²) in [5.74, 6) is -0.441. The van der Waals surface area contributed by atoms with Gasteiger partial charge in [0, 0.05) is 23.1 Å². The topological polar surface area (TPSA) is 46.6 Å². The van der Waals surface area contributed by atoms with Crippen LogP contribution in [0.5, 0.6) is 0 Å². The van der Waals surface area contributed by atoms with E-state index in [2.05, 4.69) is 20.7 Å². The number of carbonyl (C=O) groups is 2. The molecule has 0 heterocycles. The Labute approximate surface area is 144 Å². The fourth-order valence-corrected chi connectivity index (χ4v) is 2.59. The van der Waals surface area contributed by atoms with Gasteiger partial charge in [-0.25, -0.2) is 0 Å². The third-order valence-electron chi connectivity index (χ3n) is 3.39. The van der Waals surface area contributed by atoms with Gasteiger partial charge in [-0.15, -0.1) is 0 Å². The second-order valence-electron chi connectivity index (χ2n) is 5.05. The highest BCUT2D eigenvalue weighted by Crippen LogP contribution is 2.15. The zero-order valence-corrected chi connectivity index (χ0v) is 14.5. The predicted molar refractivity (Wildman–Crippen MR) is 92.0 cm³/mol. The number of amides is 1. The fourth-order valence-electron chi connectivity index (χ4n) is 2.19. The number of rotatable bonds is 6. The Balaban J connectivity index is 2.17. The average Bonchev–Trinajstić information content (AvgIpc) is 2.58. The van der Waals surface area contributed by atoms with Gasteiger partial charge in [-0.05, 0) is 23.8 Å². The Morgan fingerprint density at radius 2 is 1.83 bits per heavy atom. The number of hydrogen-bond donors (Lipinski definition) is 0. The standard InChI is InChI=1S/C18H18BrNO3/c1-23-17(21)10-11-20(13-14-6-3-2-4-7-14)18(22)15-8-5-9-16(19)12-15/h2-9,12H,10-11,13H2,1H3. The lowest BCUT2D eigenvalue weighted by Gasteiger charge is -2.22. The van der Waals surface area contributed by atoms with Crippen molar-refractivity contribution in [3.05, 3.63) is 70.2 Å². The molecule has 0 aliphatic carbocycles. The summed E-state index contributed by atoms with van der Waals surface area (Å²) in [4.78, 5) is 25.8. The van der Waals surface area contributed by atoms with E-state index in [1.165, 1.54) is 7.11 Å². The van der Waals surface area contributed by atoms with Crippen molar-refractivity contribution in [2.24, 2.45) is 0 Å². The monoisotopic (exact) mass is 375 g/mol.